The molecule has 1 fully saturated rings. The smallest absolute Gasteiger partial charge is 0.155 e. The van der Waals surface area contributed by atoms with Crippen LogP contribution in [0.4, 0.5) is 0 Å². The van der Waals surface area contributed by atoms with E-state index in [1.54, 1.807) is 0 Å². The zero-order valence-electron chi connectivity index (χ0n) is 9.03. The molecule has 0 saturated carbocycles. The van der Waals surface area contributed by atoms with Crippen molar-refractivity contribution in [2.45, 2.75) is 6.42 Å². The molecular formula is C9H20NO3S+. The fraction of sp³-hybridized carbons (Fsp3) is 1.00. The van der Waals surface area contributed by atoms with Gasteiger partial charge in [0.15, 0.2) is 11.1 Å². The monoisotopic (exact) mass is 222 g/mol. The van der Waals surface area contributed by atoms with E-state index in [1.165, 1.54) is 7.11 Å². The Balaban J connectivity index is 2.18. The molecule has 5 heteroatoms. The van der Waals surface area contributed by atoms with Gasteiger partial charge in [-0.1, -0.05) is 0 Å². The zero-order chi connectivity index (χ0) is 10.4. The van der Waals surface area contributed by atoms with Gasteiger partial charge in [-0.15, -0.1) is 0 Å². The summed E-state index contributed by atoms with van der Waals surface area (Å²) in [6.45, 7) is 4.91. The van der Waals surface area contributed by atoms with Gasteiger partial charge in [-0.25, -0.2) is 4.21 Å². The highest BCUT2D eigenvalue weighted by Crippen LogP contribution is 2.08. The number of likely N-dealkylation sites (N-methyl/N-ethyl adjacent to an activating group) is 1. The Labute approximate surface area is 88.4 Å². The molecule has 0 aromatic carbocycles. The van der Waals surface area contributed by atoms with E-state index in [1.807, 2.05) is 0 Å². The summed E-state index contributed by atoms with van der Waals surface area (Å²) in [6, 6.07) is 0. The van der Waals surface area contributed by atoms with Crippen LogP contribution in [-0.2, 0) is 20.0 Å². The Hall–Kier alpha value is 0.0300. The number of rotatable bonds is 5. The molecule has 4 nitrogen and oxygen atoms in total. The molecule has 84 valence electrons. The van der Waals surface area contributed by atoms with E-state index in [-0.39, 0.29) is 0 Å². The average molecular weight is 222 g/mol. The number of morpholine rings is 1. The average Bonchev–Trinajstić information content (AvgIpc) is 2.18. The van der Waals surface area contributed by atoms with Crippen molar-refractivity contribution in [1.29, 1.82) is 0 Å². The van der Waals surface area contributed by atoms with Gasteiger partial charge in [0.1, 0.15) is 13.1 Å². The maximum absolute atomic E-state index is 11.0. The molecule has 0 aliphatic carbocycles. The van der Waals surface area contributed by atoms with Crippen LogP contribution in [0.1, 0.15) is 6.42 Å². The lowest BCUT2D eigenvalue weighted by Gasteiger charge is -2.37. The molecule has 1 heterocycles. The Bertz CT molecular complexity index is 192. The van der Waals surface area contributed by atoms with Crippen molar-refractivity contribution in [2.24, 2.45) is 0 Å². The third kappa shape index (κ3) is 4.04. The molecular weight excluding hydrogens is 202 g/mol. The molecule has 14 heavy (non-hydrogen) atoms. The lowest BCUT2D eigenvalue weighted by Crippen LogP contribution is -2.52. The number of quaternary nitrogens is 1. The van der Waals surface area contributed by atoms with Gasteiger partial charge in [0, 0.05) is 6.42 Å². The molecule has 1 unspecified atom stereocenters. The van der Waals surface area contributed by atoms with Crippen LogP contribution in [0, 0.1) is 0 Å². The van der Waals surface area contributed by atoms with Gasteiger partial charge >= 0.3 is 0 Å². The molecule has 1 aliphatic rings. The topological polar surface area (TPSA) is 35.5 Å². The van der Waals surface area contributed by atoms with Crippen molar-refractivity contribution in [3.8, 4) is 0 Å². The first-order chi connectivity index (χ1) is 6.66. The van der Waals surface area contributed by atoms with Crippen LogP contribution in [0.3, 0.4) is 0 Å². The second kappa shape index (κ2) is 5.80. The summed E-state index contributed by atoms with van der Waals surface area (Å²) in [4.78, 5) is 0. The normalized spacial score (nSPS) is 23.3. The first kappa shape index (κ1) is 12.1. The highest BCUT2D eigenvalue weighted by atomic mass is 32.2. The molecule has 1 aliphatic heterocycles. The van der Waals surface area contributed by atoms with Crippen molar-refractivity contribution in [3.63, 3.8) is 0 Å². The standard InChI is InChI=1S/C9H20NO3S/c1-10(5-7-13-8-6-10)4-3-9-14(11)12-2/h3-9H2,1-2H3/q+1. The second-order valence-electron chi connectivity index (χ2n) is 3.93. The van der Waals surface area contributed by atoms with E-state index in [4.69, 9.17) is 8.92 Å². The fourth-order valence-electron chi connectivity index (χ4n) is 1.65. The molecule has 0 spiro atoms. The SMILES string of the molecule is COS(=O)CCC[N+]1(C)CCOCC1. The second-order valence-corrected chi connectivity index (χ2v) is 5.28. The van der Waals surface area contributed by atoms with Crippen molar-refractivity contribution in [2.75, 3.05) is 52.8 Å². The van der Waals surface area contributed by atoms with Crippen LogP contribution in [0.25, 0.3) is 0 Å². The summed E-state index contributed by atoms with van der Waals surface area (Å²) < 4.78 is 22.1. The Morgan fingerprint density at radius 2 is 2.07 bits per heavy atom. The Morgan fingerprint density at radius 3 is 2.64 bits per heavy atom. The molecule has 1 saturated heterocycles. The van der Waals surface area contributed by atoms with Crippen LogP contribution in [0.5, 0.6) is 0 Å². The molecule has 0 aromatic rings. The van der Waals surface area contributed by atoms with Gasteiger partial charge in [0.2, 0.25) is 0 Å². The van der Waals surface area contributed by atoms with Crippen molar-refractivity contribution < 1.29 is 17.6 Å². The predicted molar refractivity (Wildman–Crippen MR) is 56.2 cm³/mol. The zero-order valence-corrected chi connectivity index (χ0v) is 9.85. The van der Waals surface area contributed by atoms with Crippen LogP contribution in [0.2, 0.25) is 0 Å². The van der Waals surface area contributed by atoms with Crippen molar-refractivity contribution in [1.82, 2.24) is 0 Å². The van der Waals surface area contributed by atoms with Gasteiger partial charge in [-0.3, -0.25) is 4.18 Å². The number of hydrogen-bond donors (Lipinski definition) is 0. The van der Waals surface area contributed by atoms with E-state index in [2.05, 4.69) is 7.05 Å². The third-order valence-corrected chi connectivity index (χ3v) is 3.74. The van der Waals surface area contributed by atoms with Crippen molar-refractivity contribution >= 4 is 11.1 Å². The lowest BCUT2D eigenvalue weighted by atomic mass is 10.3. The van der Waals surface area contributed by atoms with Crippen LogP contribution in [0.15, 0.2) is 0 Å². The maximum atomic E-state index is 11.0. The minimum absolute atomic E-state index is 0.644. The number of hydrogen-bond acceptors (Lipinski definition) is 3. The van der Waals surface area contributed by atoms with Gasteiger partial charge in [-0.2, -0.15) is 0 Å². The summed E-state index contributed by atoms with van der Waals surface area (Å²) in [5.74, 6) is 0.644. The lowest BCUT2D eigenvalue weighted by molar-refractivity contribution is -0.916. The molecule has 0 radical (unpaired) electrons. The largest absolute Gasteiger partial charge is 0.370 e. The van der Waals surface area contributed by atoms with E-state index in [0.29, 0.717) is 5.75 Å². The van der Waals surface area contributed by atoms with E-state index in [0.717, 1.165) is 43.8 Å². The molecule has 0 N–H and O–H groups in total. The first-order valence-corrected chi connectivity index (χ1v) is 6.25. The summed E-state index contributed by atoms with van der Waals surface area (Å²) in [5, 5.41) is 0. The summed E-state index contributed by atoms with van der Waals surface area (Å²) >= 11 is -1.09. The molecule has 0 amide bonds. The summed E-state index contributed by atoms with van der Waals surface area (Å²) in [7, 11) is 3.72. The van der Waals surface area contributed by atoms with Gasteiger partial charge in [0.25, 0.3) is 0 Å². The van der Waals surface area contributed by atoms with Gasteiger partial charge in [-0.05, 0) is 0 Å². The van der Waals surface area contributed by atoms with E-state index >= 15 is 0 Å². The third-order valence-electron chi connectivity index (χ3n) is 2.75. The molecule has 0 aromatic heterocycles. The quantitative estimate of drug-likeness (QED) is 0.622. The fourth-order valence-corrected chi connectivity index (χ4v) is 2.19. The minimum atomic E-state index is -1.09. The number of ether oxygens (including phenoxy) is 1. The highest BCUT2D eigenvalue weighted by molar-refractivity contribution is 7.80. The van der Waals surface area contributed by atoms with Crippen LogP contribution in [-0.4, -0.2) is 61.5 Å². The molecule has 1 atom stereocenters. The van der Waals surface area contributed by atoms with Gasteiger partial charge in [0.05, 0.1) is 39.7 Å². The van der Waals surface area contributed by atoms with E-state index < -0.39 is 11.1 Å². The first-order valence-electron chi connectivity index (χ1n) is 5.00. The van der Waals surface area contributed by atoms with Gasteiger partial charge < -0.3 is 9.22 Å². The van der Waals surface area contributed by atoms with E-state index in [9.17, 15) is 4.21 Å². The van der Waals surface area contributed by atoms with Crippen LogP contribution < -0.4 is 0 Å². The number of nitrogens with zero attached hydrogens (tertiary/aromatic N) is 1. The highest BCUT2D eigenvalue weighted by Gasteiger charge is 2.24. The Morgan fingerprint density at radius 1 is 1.43 bits per heavy atom. The molecule has 1 rings (SSSR count). The minimum Gasteiger partial charge on any atom is -0.370 e. The molecule has 0 bridgehead atoms. The van der Waals surface area contributed by atoms with Crippen LogP contribution >= 0.6 is 0 Å². The van der Waals surface area contributed by atoms with Crippen molar-refractivity contribution in [3.05, 3.63) is 0 Å². The maximum Gasteiger partial charge on any atom is 0.155 e. The summed E-state index contributed by atoms with van der Waals surface area (Å²) in [5.41, 5.74) is 0. The Kier molecular flexibility index (Phi) is 5.01. The summed E-state index contributed by atoms with van der Waals surface area (Å²) in [6.07, 6.45) is 0.955. The predicted octanol–water partition coefficient (Wildman–Crippen LogP) is 0.163.